The zero-order chi connectivity index (χ0) is 40.4. The number of fused-ring (bicyclic) bond motifs is 9. The van der Waals surface area contributed by atoms with Gasteiger partial charge in [0.1, 0.15) is 5.01 Å². The fraction of sp³-hybridized carbons (Fsp3) is 0.0526. The molecule has 0 fully saturated rings. The van der Waals surface area contributed by atoms with Crippen LogP contribution in [0.15, 0.2) is 211 Å². The predicted molar refractivity (Wildman–Crippen MR) is 260 cm³/mol. The first-order valence-corrected chi connectivity index (χ1v) is 21.8. The third-order valence-electron chi connectivity index (χ3n) is 12.5. The molecule has 0 radical (unpaired) electrons. The van der Waals surface area contributed by atoms with Gasteiger partial charge in [0, 0.05) is 33.9 Å². The Bertz CT molecular complexity index is 3620. The molecule has 1 unspecified atom stereocenters. The normalized spacial score (nSPS) is 17.3. The van der Waals surface area contributed by atoms with E-state index in [2.05, 4.69) is 212 Å². The van der Waals surface area contributed by atoms with E-state index < -0.39 is 0 Å². The van der Waals surface area contributed by atoms with Crippen LogP contribution in [-0.2, 0) is 0 Å². The highest BCUT2D eigenvalue weighted by Gasteiger charge is 2.25. The summed E-state index contributed by atoms with van der Waals surface area (Å²) < 4.78 is 3.68. The molecular formula is C57H39N3S. The van der Waals surface area contributed by atoms with Gasteiger partial charge in [-0.25, -0.2) is 4.98 Å². The van der Waals surface area contributed by atoms with E-state index in [0.717, 1.165) is 33.1 Å². The van der Waals surface area contributed by atoms with Crippen LogP contribution in [0.4, 0.5) is 0 Å². The number of allylic oxidation sites excluding steroid dienone is 3. The van der Waals surface area contributed by atoms with Crippen molar-refractivity contribution in [3.05, 3.63) is 222 Å². The number of aliphatic imine (C=N–C) groups is 1. The third-order valence-corrected chi connectivity index (χ3v) is 13.6. The topological polar surface area (TPSA) is 30.2 Å². The van der Waals surface area contributed by atoms with Crippen LogP contribution in [0.3, 0.4) is 0 Å². The molecule has 12 rings (SSSR count). The molecule has 4 heteroatoms. The number of para-hydroxylation sites is 1. The Morgan fingerprint density at radius 1 is 0.574 bits per heavy atom. The lowest BCUT2D eigenvalue weighted by atomic mass is 9.87. The van der Waals surface area contributed by atoms with Crippen molar-refractivity contribution < 1.29 is 0 Å². The van der Waals surface area contributed by atoms with Crippen molar-refractivity contribution in [3.63, 3.8) is 0 Å². The summed E-state index contributed by atoms with van der Waals surface area (Å²) in [5, 5.41) is 10.9. The van der Waals surface area contributed by atoms with E-state index in [4.69, 9.17) is 9.98 Å². The van der Waals surface area contributed by atoms with E-state index in [1.807, 2.05) is 0 Å². The largest absolute Gasteiger partial charge is 0.307 e. The van der Waals surface area contributed by atoms with Gasteiger partial charge < -0.3 is 4.57 Å². The lowest BCUT2D eigenvalue weighted by Crippen LogP contribution is -2.08. The smallest absolute Gasteiger partial charge is 0.124 e. The van der Waals surface area contributed by atoms with Crippen LogP contribution in [0.2, 0.25) is 0 Å². The van der Waals surface area contributed by atoms with Crippen molar-refractivity contribution in [1.82, 2.24) is 9.55 Å². The molecule has 0 spiro atoms. The van der Waals surface area contributed by atoms with E-state index in [1.54, 1.807) is 11.3 Å². The molecular weight excluding hydrogens is 759 g/mol. The SMILES string of the molecule is CC1=C/C(c2cc3ccccc3c3ccc4c5ccccc5n(-c5cccc6nc(-c7ccccc7)sc56)c4c23)/N=C(/c2ccccc2)C\C=C\1c1cccc2ccccc12. The minimum Gasteiger partial charge on any atom is -0.307 e. The number of hydrogen-bond donors (Lipinski definition) is 0. The summed E-state index contributed by atoms with van der Waals surface area (Å²) in [6, 6.07) is 67.8. The molecule has 1 atom stereocenters. The van der Waals surface area contributed by atoms with Crippen molar-refractivity contribution in [2.45, 2.75) is 19.4 Å². The van der Waals surface area contributed by atoms with E-state index in [0.29, 0.717) is 6.42 Å². The number of nitrogens with zero attached hydrogens (tertiary/aromatic N) is 3. The van der Waals surface area contributed by atoms with Crippen LogP contribution < -0.4 is 0 Å². The van der Waals surface area contributed by atoms with Crippen LogP contribution >= 0.6 is 11.3 Å². The quantitative estimate of drug-likeness (QED) is 0.160. The molecule has 0 bridgehead atoms. The number of aromatic nitrogens is 2. The minimum absolute atomic E-state index is 0.276. The number of benzene rings is 9. The molecule has 3 nitrogen and oxygen atoms in total. The van der Waals surface area contributed by atoms with Crippen LogP contribution in [0.1, 0.15) is 36.1 Å². The second kappa shape index (κ2) is 14.4. The Balaban J connectivity index is 1.19. The second-order valence-electron chi connectivity index (χ2n) is 16.0. The average Bonchev–Trinajstić information content (AvgIpc) is 3.91. The minimum atomic E-state index is -0.276. The van der Waals surface area contributed by atoms with Crippen molar-refractivity contribution in [3.8, 4) is 16.3 Å². The van der Waals surface area contributed by atoms with Gasteiger partial charge in [0.2, 0.25) is 0 Å². The zero-order valence-corrected chi connectivity index (χ0v) is 34.4. The summed E-state index contributed by atoms with van der Waals surface area (Å²) in [6.45, 7) is 2.27. The maximum atomic E-state index is 5.80. The molecule has 288 valence electrons. The van der Waals surface area contributed by atoms with Crippen LogP contribution in [0.25, 0.3) is 86.2 Å². The zero-order valence-electron chi connectivity index (χ0n) is 33.6. The van der Waals surface area contributed by atoms with Gasteiger partial charge in [-0.2, -0.15) is 0 Å². The fourth-order valence-corrected chi connectivity index (χ4v) is 10.8. The van der Waals surface area contributed by atoms with Gasteiger partial charge in [-0.3, -0.25) is 4.99 Å². The van der Waals surface area contributed by atoms with Gasteiger partial charge in [0.15, 0.2) is 0 Å². The van der Waals surface area contributed by atoms with E-state index >= 15 is 0 Å². The van der Waals surface area contributed by atoms with E-state index in [9.17, 15) is 0 Å². The molecule has 3 heterocycles. The molecule has 2 aromatic heterocycles. The van der Waals surface area contributed by atoms with Crippen molar-refractivity contribution in [2.75, 3.05) is 0 Å². The van der Waals surface area contributed by atoms with Gasteiger partial charge in [0.25, 0.3) is 0 Å². The standard InChI is InChI=1S/C57H39N3S/c1-36-34-51(58-49(38-17-4-2-5-18-38)33-32-41(36)44-26-14-22-37-16-8-10-23-42(37)44)48-35-40-21-9-11-24-43(40)46-30-31-47-45-25-12-13-28-52(45)60(55(47)54(46)48)53-29-15-27-50-56(53)61-57(59-50)39-19-6-3-7-20-39/h2-32,34-35,51H,33H2,1H3/b36-34-,41-32-,58-49+. The number of hydrogen-bond acceptors (Lipinski definition) is 3. The monoisotopic (exact) mass is 797 g/mol. The Morgan fingerprint density at radius 2 is 1.25 bits per heavy atom. The van der Waals surface area contributed by atoms with Gasteiger partial charge in [-0.05, 0) is 86.0 Å². The summed E-state index contributed by atoms with van der Waals surface area (Å²) >= 11 is 1.77. The highest BCUT2D eigenvalue weighted by atomic mass is 32.1. The van der Waals surface area contributed by atoms with Crippen molar-refractivity contribution >= 4 is 87.0 Å². The highest BCUT2D eigenvalue weighted by molar-refractivity contribution is 7.22. The summed E-state index contributed by atoms with van der Waals surface area (Å²) in [6.07, 6.45) is 5.52. The summed E-state index contributed by atoms with van der Waals surface area (Å²) in [5.74, 6) is 0. The summed E-state index contributed by atoms with van der Waals surface area (Å²) in [7, 11) is 0. The summed E-state index contributed by atoms with van der Waals surface area (Å²) in [4.78, 5) is 11.0. The van der Waals surface area contributed by atoms with Crippen molar-refractivity contribution in [1.29, 1.82) is 0 Å². The molecule has 0 saturated heterocycles. The van der Waals surface area contributed by atoms with Crippen LogP contribution in [-0.4, -0.2) is 15.3 Å². The van der Waals surface area contributed by atoms with Crippen LogP contribution in [0.5, 0.6) is 0 Å². The number of thiazole rings is 1. The molecule has 0 aliphatic carbocycles. The van der Waals surface area contributed by atoms with Gasteiger partial charge in [-0.15, -0.1) is 11.3 Å². The molecule has 9 aromatic carbocycles. The lowest BCUT2D eigenvalue weighted by molar-refractivity contribution is 0.909. The fourth-order valence-electron chi connectivity index (χ4n) is 9.69. The Morgan fingerprint density at radius 3 is 2.08 bits per heavy atom. The molecule has 0 N–H and O–H groups in total. The van der Waals surface area contributed by atoms with E-state index in [1.165, 1.54) is 81.1 Å². The predicted octanol–water partition coefficient (Wildman–Crippen LogP) is 15.5. The van der Waals surface area contributed by atoms with Gasteiger partial charge in [-0.1, -0.05) is 176 Å². The molecule has 11 aromatic rings. The highest BCUT2D eigenvalue weighted by Crippen LogP contribution is 2.46. The number of rotatable bonds is 5. The summed E-state index contributed by atoms with van der Waals surface area (Å²) in [5.41, 5.74) is 12.8. The Labute approximate surface area is 357 Å². The molecule has 1 aliphatic heterocycles. The molecule has 61 heavy (non-hydrogen) atoms. The van der Waals surface area contributed by atoms with Gasteiger partial charge in [0.05, 0.1) is 33.0 Å². The van der Waals surface area contributed by atoms with Crippen LogP contribution in [0, 0.1) is 0 Å². The van der Waals surface area contributed by atoms with E-state index in [-0.39, 0.29) is 6.04 Å². The first-order chi connectivity index (χ1) is 30.2. The first kappa shape index (κ1) is 35.5. The van der Waals surface area contributed by atoms with Crippen molar-refractivity contribution in [2.24, 2.45) is 4.99 Å². The second-order valence-corrected chi connectivity index (χ2v) is 17.0. The molecule has 0 amide bonds. The molecule has 1 aliphatic rings. The average molecular weight is 798 g/mol. The van der Waals surface area contributed by atoms with Gasteiger partial charge >= 0.3 is 0 Å². The maximum Gasteiger partial charge on any atom is 0.124 e. The molecule has 0 saturated carbocycles. The Kier molecular flexibility index (Phi) is 8.39. The first-order valence-electron chi connectivity index (χ1n) is 21.0. The maximum absolute atomic E-state index is 5.80. The third kappa shape index (κ3) is 5.86. The Hall–Kier alpha value is -7.40. The lowest BCUT2D eigenvalue weighted by Gasteiger charge is -2.22.